The van der Waals surface area contributed by atoms with Crippen LogP contribution in [-0.4, -0.2) is 31.2 Å². The molecule has 10 heteroatoms. The second-order valence-corrected chi connectivity index (χ2v) is 8.73. The van der Waals surface area contributed by atoms with Crippen molar-refractivity contribution in [3.63, 3.8) is 0 Å². The van der Waals surface area contributed by atoms with Crippen molar-refractivity contribution in [3.8, 4) is 11.4 Å². The maximum atomic E-state index is 13.2. The molecule has 0 aliphatic carbocycles. The molecular weight excluding hydrogens is 499 g/mol. The molecule has 3 aromatic heterocycles. The van der Waals surface area contributed by atoms with Crippen molar-refractivity contribution in [1.29, 1.82) is 0 Å². The first-order valence-electron chi connectivity index (χ1n) is 11.4. The van der Waals surface area contributed by atoms with Gasteiger partial charge < -0.3 is 15.0 Å². The Hall–Kier alpha value is -3.76. The van der Waals surface area contributed by atoms with Crippen LogP contribution < -0.4 is 5.32 Å². The first-order valence-corrected chi connectivity index (χ1v) is 12.4. The van der Waals surface area contributed by atoms with Gasteiger partial charge in [-0.1, -0.05) is 31.7 Å². The predicted molar refractivity (Wildman–Crippen MR) is 142 cm³/mol. The number of halogens is 3. The lowest BCUT2D eigenvalue weighted by Crippen LogP contribution is -2.10. The van der Waals surface area contributed by atoms with Crippen LogP contribution in [0.3, 0.4) is 0 Å². The summed E-state index contributed by atoms with van der Waals surface area (Å²) in [5.74, 6) is 0.209. The molecule has 37 heavy (non-hydrogen) atoms. The molecule has 4 aromatic rings. The number of aliphatic hydroxyl groups is 1. The van der Waals surface area contributed by atoms with E-state index < -0.39 is 17.7 Å². The van der Waals surface area contributed by atoms with Crippen molar-refractivity contribution < 1.29 is 18.3 Å². The van der Waals surface area contributed by atoms with E-state index >= 15 is 0 Å². The van der Waals surface area contributed by atoms with Crippen LogP contribution in [0.15, 0.2) is 79.4 Å². The van der Waals surface area contributed by atoms with Crippen LogP contribution in [0.25, 0.3) is 17.1 Å². The average Bonchev–Trinajstić information content (AvgIpc) is 3.59. The highest BCUT2D eigenvalue weighted by molar-refractivity contribution is 7.07. The molecule has 0 spiro atoms. The van der Waals surface area contributed by atoms with E-state index in [2.05, 4.69) is 35.0 Å². The fraction of sp³-hybridized carbons (Fsp3) is 0.222. The molecule has 0 fully saturated rings. The van der Waals surface area contributed by atoms with Gasteiger partial charge in [0.05, 0.1) is 40.0 Å². The molecule has 0 radical (unpaired) electrons. The Labute approximate surface area is 217 Å². The van der Waals surface area contributed by atoms with Crippen molar-refractivity contribution in [2.75, 3.05) is 11.9 Å². The molecule has 1 atom stereocenters. The van der Waals surface area contributed by atoms with Crippen LogP contribution in [-0.2, 0) is 12.7 Å². The zero-order valence-corrected chi connectivity index (χ0v) is 21.2. The van der Waals surface area contributed by atoms with E-state index in [-0.39, 0.29) is 6.61 Å². The highest BCUT2D eigenvalue weighted by Crippen LogP contribution is 2.33. The molecule has 1 aromatic carbocycles. The number of anilines is 1. The SMILES string of the molecule is C=C.C=C(Nc1ccc(-c2cn(CCCO)c(C(C)c3cccc(C(F)(F)F)c3)n2)nc1)c1cscn1. The third-order valence-corrected chi connectivity index (χ3v) is 6.11. The van der Waals surface area contributed by atoms with Crippen LogP contribution in [0, 0.1) is 0 Å². The second-order valence-electron chi connectivity index (χ2n) is 8.01. The maximum absolute atomic E-state index is 13.2. The third kappa shape index (κ3) is 6.93. The van der Waals surface area contributed by atoms with Gasteiger partial charge in [-0.25, -0.2) is 9.97 Å². The van der Waals surface area contributed by atoms with Crippen LogP contribution in [0.5, 0.6) is 0 Å². The average molecular weight is 528 g/mol. The zero-order chi connectivity index (χ0) is 27.0. The number of aliphatic hydroxyl groups excluding tert-OH is 1. The van der Waals surface area contributed by atoms with Crippen molar-refractivity contribution in [2.24, 2.45) is 0 Å². The molecule has 4 rings (SSSR count). The van der Waals surface area contributed by atoms with Gasteiger partial charge >= 0.3 is 6.18 Å². The minimum absolute atomic E-state index is 0.00756. The predicted octanol–water partition coefficient (Wildman–Crippen LogP) is 6.84. The zero-order valence-electron chi connectivity index (χ0n) is 20.4. The highest BCUT2D eigenvalue weighted by Gasteiger charge is 2.31. The van der Waals surface area contributed by atoms with Gasteiger partial charge in [-0.15, -0.1) is 24.5 Å². The molecular formula is C27H28F3N5OS. The molecule has 0 amide bonds. The molecule has 3 heterocycles. The number of alkyl halides is 3. The van der Waals surface area contributed by atoms with Gasteiger partial charge in [0.1, 0.15) is 11.5 Å². The Morgan fingerprint density at radius 3 is 2.57 bits per heavy atom. The molecule has 0 saturated heterocycles. The number of nitrogens with one attached hydrogen (secondary N) is 1. The Morgan fingerprint density at radius 2 is 1.95 bits per heavy atom. The number of thiazole rings is 1. The quantitative estimate of drug-likeness (QED) is 0.233. The van der Waals surface area contributed by atoms with Gasteiger partial charge in [0.15, 0.2) is 0 Å². The summed E-state index contributed by atoms with van der Waals surface area (Å²) in [6.07, 6.45) is -0.445. The number of aryl methyl sites for hydroxylation is 1. The maximum Gasteiger partial charge on any atom is 0.416 e. The minimum atomic E-state index is -4.42. The molecule has 194 valence electrons. The Bertz CT molecular complexity index is 1300. The summed E-state index contributed by atoms with van der Waals surface area (Å²) >= 11 is 1.48. The molecule has 2 N–H and O–H groups in total. The lowest BCUT2D eigenvalue weighted by Gasteiger charge is -2.16. The standard InChI is InChI=1S/C25H24F3N5OS.C2H4/c1-16(18-5-3-6-19(11-18)25(26,27)28)24-32-22(13-33(24)9-4-10-34)21-8-7-20(12-29-21)31-17(2)23-14-35-15-30-23;1-2/h3,5-8,11-16,31,34H,2,4,9-10H2,1H3;1-2H2. The first kappa shape index (κ1) is 27.8. The molecule has 0 bridgehead atoms. The topological polar surface area (TPSA) is 75.9 Å². The number of imidazole rings is 1. The molecule has 6 nitrogen and oxygen atoms in total. The molecule has 1 unspecified atom stereocenters. The van der Waals surface area contributed by atoms with E-state index in [1.165, 1.54) is 17.4 Å². The summed E-state index contributed by atoms with van der Waals surface area (Å²) in [4.78, 5) is 13.4. The number of pyridine rings is 1. The Morgan fingerprint density at radius 1 is 1.16 bits per heavy atom. The summed E-state index contributed by atoms with van der Waals surface area (Å²) in [5, 5.41) is 14.4. The monoisotopic (exact) mass is 527 g/mol. The Balaban J connectivity index is 0.00000186. The number of hydrogen-bond donors (Lipinski definition) is 2. The number of hydrogen-bond acceptors (Lipinski definition) is 6. The normalized spacial score (nSPS) is 11.9. The fourth-order valence-electron chi connectivity index (χ4n) is 3.67. The van der Waals surface area contributed by atoms with E-state index in [4.69, 9.17) is 4.98 Å². The minimum Gasteiger partial charge on any atom is -0.396 e. The summed E-state index contributed by atoms with van der Waals surface area (Å²) in [5.41, 5.74) is 4.92. The second kappa shape index (κ2) is 12.5. The number of nitrogens with zero attached hydrogens (tertiary/aromatic N) is 4. The van der Waals surface area contributed by atoms with E-state index in [9.17, 15) is 18.3 Å². The molecule has 0 saturated carbocycles. The fourth-order valence-corrected chi connectivity index (χ4v) is 4.24. The summed E-state index contributed by atoms with van der Waals surface area (Å²) in [6.45, 7) is 12.3. The van der Waals surface area contributed by atoms with Gasteiger partial charge in [-0.2, -0.15) is 13.2 Å². The smallest absolute Gasteiger partial charge is 0.396 e. The molecule has 0 aliphatic rings. The molecule has 0 aliphatic heterocycles. The van der Waals surface area contributed by atoms with Crippen molar-refractivity contribution in [2.45, 2.75) is 32.0 Å². The largest absolute Gasteiger partial charge is 0.416 e. The van der Waals surface area contributed by atoms with Gasteiger partial charge in [0.25, 0.3) is 0 Å². The number of rotatable bonds is 9. The number of aromatic nitrogens is 4. The van der Waals surface area contributed by atoms with Gasteiger partial charge in [0, 0.05) is 30.6 Å². The van der Waals surface area contributed by atoms with E-state index in [1.807, 2.05) is 35.2 Å². The van der Waals surface area contributed by atoms with Crippen LogP contribution in [0.4, 0.5) is 18.9 Å². The first-order chi connectivity index (χ1) is 17.8. The van der Waals surface area contributed by atoms with Crippen molar-refractivity contribution in [3.05, 3.63) is 102 Å². The third-order valence-electron chi connectivity index (χ3n) is 5.53. The Kier molecular flexibility index (Phi) is 9.37. The van der Waals surface area contributed by atoms with Crippen molar-refractivity contribution in [1.82, 2.24) is 19.5 Å². The van der Waals surface area contributed by atoms with Crippen LogP contribution in [0.2, 0.25) is 0 Å². The van der Waals surface area contributed by atoms with Gasteiger partial charge in [0.2, 0.25) is 0 Å². The van der Waals surface area contributed by atoms with E-state index in [0.29, 0.717) is 41.4 Å². The lowest BCUT2D eigenvalue weighted by atomic mass is 9.98. The van der Waals surface area contributed by atoms with E-state index in [1.54, 1.807) is 17.8 Å². The van der Waals surface area contributed by atoms with Crippen LogP contribution >= 0.6 is 11.3 Å². The summed E-state index contributed by atoms with van der Waals surface area (Å²) in [7, 11) is 0. The van der Waals surface area contributed by atoms with E-state index in [0.717, 1.165) is 23.5 Å². The van der Waals surface area contributed by atoms with Crippen molar-refractivity contribution >= 4 is 22.7 Å². The highest BCUT2D eigenvalue weighted by atomic mass is 32.1. The summed E-state index contributed by atoms with van der Waals surface area (Å²) < 4.78 is 41.5. The summed E-state index contributed by atoms with van der Waals surface area (Å²) in [6, 6.07) is 8.95. The van der Waals surface area contributed by atoms with Crippen LogP contribution in [0.1, 0.15) is 41.9 Å². The lowest BCUT2D eigenvalue weighted by molar-refractivity contribution is -0.137. The van der Waals surface area contributed by atoms with Gasteiger partial charge in [-0.05, 0) is 30.2 Å². The number of benzene rings is 1. The van der Waals surface area contributed by atoms with Gasteiger partial charge in [-0.3, -0.25) is 4.98 Å².